The zero-order valence-corrected chi connectivity index (χ0v) is 21.0. The Balaban J connectivity index is 1.33. The van der Waals surface area contributed by atoms with Gasteiger partial charge < -0.3 is 15.1 Å². The summed E-state index contributed by atoms with van der Waals surface area (Å²) in [6.45, 7) is 3.38. The number of thiophene rings is 1. The molecular weight excluding hydrogens is 462 g/mol. The molecule has 0 bridgehead atoms. The summed E-state index contributed by atoms with van der Waals surface area (Å²) in [6, 6.07) is 9.14. The van der Waals surface area contributed by atoms with Crippen molar-refractivity contribution in [1.29, 1.82) is 0 Å². The SMILES string of the molecule is CN1CCCC(C(=O)N2CCC(C3(c4ccccn4)NC(=O)N(CCc4cccs4)C3=O)CC2)C1. The molecule has 186 valence electrons. The van der Waals surface area contributed by atoms with Crippen LogP contribution in [0.25, 0.3) is 0 Å². The highest BCUT2D eigenvalue weighted by Gasteiger charge is 2.58. The fourth-order valence-electron chi connectivity index (χ4n) is 5.89. The molecular formula is C26H33N5O3S. The van der Waals surface area contributed by atoms with Crippen LogP contribution in [0.2, 0.25) is 0 Å². The molecule has 8 nitrogen and oxygen atoms in total. The summed E-state index contributed by atoms with van der Waals surface area (Å²) < 4.78 is 0. The number of pyridine rings is 1. The Morgan fingerprint density at radius 2 is 1.97 bits per heavy atom. The minimum atomic E-state index is -1.19. The van der Waals surface area contributed by atoms with Gasteiger partial charge in [0.25, 0.3) is 5.91 Å². The third-order valence-corrected chi connectivity index (χ3v) is 8.69. The van der Waals surface area contributed by atoms with Gasteiger partial charge in [0, 0.05) is 43.2 Å². The number of nitrogens with zero attached hydrogens (tertiary/aromatic N) is 4. The average Bonchev–Trinajstić information content (AvgIpc) is 3.49. The van der Waals surface area contributed by atoms with Crippen LogP contribution in [0.4, 0.5) is 4.79 Å². The molecule has 0 aliphatic carbocycles. The molecule has 5 heterocycles. The lowest BCUT2D eigenvalue weighted by Crippen LogP contribution is -2.55. The normalized spacial score (nSPS) is 26.3. The second-order valence-electron chi connectivity index (χ2n) is 9.94. The lowest BCUT2D eigenvalue weighted by molar-refractivity contribution is -0.140. The van der Waals surface area contributed by atoms with Crippen LogP contribution in [-0.2, 0) is 21.5 Å². The monoisotopic (exact) mass is 495 g/mol. The number of piperidine rings is 2. The van der Waals surface area contributed by atoms with Gasteiger partial charge in [-0.2, -0.15) is 0 Å². The molecule has 0 saturated carbocycles. The van der Waals surface area contributed by atoms with Gasteiger partial charge >= 0.3 is 6.03 Å². The molecule has 2 aromatic heterocycles. The van der Waals surface area contributed by atoms with E-state index in [-0.39, 0.29) is 29.7 Å². The molecule has 0 aromatic carbocycles. The topological polar surface area (TPSA) is 85.8 Å². The van der Waals surface area contributed by atoms with Gasteiger partial charge in [-0.3, -0.25) is 19.5 Å². The van der Waals surface area contributed by atoms with E-state index >= 15 is 0 Å². The van der Waals surface area contributed by atoms with E-state index in [0.717, 1.165) is 30.8 Å². The van der Waals surface area contributed by atoms with Crippen molar-refractivity contribution in [3.05, 3.63) is 52.5 Å². The third-order valence-electron chi connectivity index (χ3n) is 7.76. The maximum absolute atomic E-state index is 13.9. The summed E-state index contributed by atoms with van der Waals surface area (Å²) in [4.78, 5) is 51.4. The van der Waals surface area contributed by atoms with Crippen LogP contribution >= 0.6 is 11.3 Å². The summed E-state index contributed by atoms with van der Waals surface area (Å²) in [5, 5.41) is 5.06. The molecule has 3 fully saturated rings. The minimum absolute atomic E-state index is 0.0515. The van der Waals surface area contributed by atoms with Crippen LogP contribution in [0.15, 0.2) is 41.9 Å². The number of hydrogen-bond donors (Lipinski definition) is 1. The summed E-state index contributed by atoms with van der Waals surface area (Å²) >= 11 is 1.63. The molecule has 3 aliphatic heterocycles. The Morgan fingerprint density at radius 3 is 2.66 bits per heavy atom. The molecule has 0 radical (unpaired) electrons. The average molecular weight is 496 g/mol. The van der Waals surface area contributed by atoms with Crippen molar-refractivity contribution in [3.63, 3.8) is 0 Å². The zero-order valence-electron chi connectivity index (χ0n) is 20.2. The molecule has 2 aromatic rings. The molecule has 2 atom stereocenters. The fraction of sp³-hybridized carbons (Fsp3) is 0.538. The van der Waals surface area contributed by atoms with Crippen molar-refractivity contribution in [2.45, 2.75) is 37.6 Å². The largest absolute Gasteiger partial charge is 0.342 e. The number of carbonyl (C=O) groups is 3. The highest BCUT2D eigenvalue weighted by molar-refractivity contribution is 7.09. The maximum atomic E-state index is 13.9. The molecule has 5 rings (SSSR count). The molecule has 1 N–H and O–H groups in total. The highest BCUT2D eigenvalue weighted by atomic mass is 32.1. The lowest BCUT2D eigenvalue weighted by Gasteiger charge is -2.42. The zero-order chi connectivity index (χ0) is 24.4. The van der Waals surface area contributed by atoms with E-state index in [1.54, 1.807) is 17.5 Å². The number of likely N-dealkylation sites (tertiary alicyclic amines) is 2. The summed E-state index contributed by atoms with van der Waals surface area (Å²) in [5.74, 6) is -0.0769. The van der Waals surface area contributed by atoms with Crippen molar-refractivity contribution >= 4 is 29.2 Å². The van der Waals surface area contributed by atoms with Gasteiger partial charge in [0.05, 0.1) is 11.6 Å². The van der Waals surface area contributed by atoms with Crippen LogP contribution in [0, 0.1) is 11.8 Å². The number of aromatic nitrogens is 1. The van der Waals surface area contributed by atoms with E-state index in [1.165, 1.54) is 4.90 Å². The molecule has 3 aliphatic rings. The second-order valence-corrected chi connectivity index (χ2v) is 11.0. The number of urea groups is 1. The number of amides is 4. The fourth-order valence-corrected chi connectivity index (χ4v) is 6.59. The Morgan fingerprint density at radius 1 is 1.14 bits per heavy atom. The molecule has 2 unspecified atom stereocenters. The first-order chi connectivity index (χ1) is 17.0. The van der Waals surface area contributed by atoms with Gasteiger partial charge in [-0.15, -0.1) is 11.3 Å². The van der Waals surface area contributed by atoms with E-state index in [0.29, 0.717) is 44.6 Å². The lowest BCUT2D eigenvalue weighted by atomic mass is 9.75. The van der Waals surface area contributed by atoms with E-state index < -0.39 is 5.54 Å². The smallest absolute Gasteiger partial charge is 0.325 e. The van der Waals surface area contributed by atoms with Crippen molar-refractivity contribution in [2.75, 3.05) is 39.8 Å². The van der Waals surface area contributed by atoms with Gasteiger partial charge in [0.2, 0.25) is 5.91 Å². The molecule has 3 saturated heterocycles. The van der Waals surface area contributed by atoms with Crippen LogP contribution in [0.5, 0.6) is 0 Å². The van der Waals surface area contributed by atoms with E-state index in [4.69, 9.17) is 0 Å². The van der Waals surface area contributed by atoms with Gasteiger partial charge in [-0.05, 0) is 69.3 Å². The predicted molar refractivity (Wildman–Crippen MR) is 134 cm³/mol. The van der Waals surface area contributed by atoms with Gasteiger partial charge in [0.1, 0.15) is 0 Å². The number of nitrogens with one attached hydrogen (secondary N) is 1. The third kappa shape index (κ3) is 4.59. The van der Waals surface area contributed by atoms with Crippen LogP contribution < -0.4 is 5.32 Å². The Hall–Kier alpha value is -2.78. The van der Waals surface area contributed by atoms with Crippen molar-refractivity contribution in [3.8, 4) is 0 Å². The van der Waals surface area contributed by atoms with E-state index in [9.17, 15) is 14.4 Å². The minimum Gasteiger partial charge on any atom is -0.342 e. The standard InChI is InChI=1S/C26H33N5O3S/c1-29-13-4-6-19(18-29)23(32)30-14-9-20(10-15-30)26(22-8-2-3-12-27-22)24(33)31(25(34)28-26)16-11-21-7-5-17-35-21/h2-3,5,7-8,12,17,19-20H,4,6,9-11,13-16,18H2,1H3,(H,28,34). The quantitative estimate of drug-likeness (QED) is 0.623. The van der Waals surface area contributed by atoms with Crippen LogP contribution in [0.3, 0.4) is 0 Å². The number of imide groups is 1. The molecule has 9 heteroatoms. The van der Waals surface area contributed by atoms with E-state index in [2.05, 4.69) is 22.2 Å². The van der Waals surface area contributed by atoms with Gasteiger partial charge in [-0.1, -0.05) is 12.1 Å². The molecule has 4 amide bonds. The Kier molecular flexibility index (Phi) is 6.88. The molecule has 35 heavy (non-hydrogen) atoms. The van der Waals surface area contributed by atoms with Crippen molar-refractivity contribution in [2.24, 2.45) is 11.8 Å². The van der Waals surface area contributed by atoms with E-state index in [1.807, 2.05) is 40.6 Å². The van der Waals surface area contributed by atoms with Crippen molar-refractivity contribution < 1.29 is 14.4 Å². The second kappa shape index (κ2) is 10.1. The number of rotatable bonds is 6. The summed E-state index contributed by atoms with van der Waals surface area (Å²) in [5.41, 5.74) is -0.607. The first-order valence-electron chi connectivity index (χ1n) is 12.5. The predicted octanol–water partition coefficient (Wildman–Crippen LogP) is 2.71. The Labute approximate surface area is 210 Å². The first-order valence-corrected chi connectivity index (χ1v) is 13.4. The number of hydrogen-bond acceptors (Lipinski definition) is 6. The maximum Gasteiger partial charge on any atom is 0.325 e. The number of carbonyl (C=O) groups excluding carboxylic acids is 3. The van der Waals surface area contributed by atoms with Crippen molar-refractivity contribution in [1.82, 2.24) is 25.0 Å². The highest BCUT2D eigenvalue weighted by Crippen LogP contribution is 2.41. The van der Waals surface area contributed by atoms with Crippen LogP contribution in [0.1, 0.15) is 36.3 Å². The summed E-state index contributed by atoms with van der Waals surface area (Å²) in [7, 11) is 2.07. The summed E-state index contributed by atoms with van der Waals surface area (Å²) in [6.07, 6.45) is 5.59. The molecule has 0 spiro atoms. The first kappa shape index (κ1) is 23.9. The van der Waals surface area contributed by atoms with Crippen LogP contribution in [-0.4, -0.2) is 77.3 Å². The Bertz CT molecular complexity index is 1050. The van der Waals surface area contributed by atoms with Gasteiger partial charge in [0.15, 0.2) is 5.54 Å². The van der Waals surface area contributed by atoms with Gasteiger partial charge in [-0.25, -0.2) is 4.79 Å².